The number of hydrogen-bond donors (Lipinski definition) is 1. The number of unbranched alkanes of at least 4 members (excludes halogenated alkanes) is 34. The number of rotatable bonds is 40. The third-order valence-electron chi connectivity index (χ3n) is 10.7. The Hall–Kier alpha value is -0.0400. The Morgan fingerprint density at radius 1 is 0.222 bits per heavy atom. The van der Waals surface area contributed by atoms with Crippen LogP contribution in [0.2, 0.25) is 0 Å². The van der Waals surface area contributed by atoms with Crippen LogP contribution in [0.5, 0.6) is 0 Å². The van der Waals surface area contributed by atoms with Gasteiger partial charge in [0.1, 0.15) is 0 Å². The molecule has 0 spiro atoms. The molecule has 0 aliphatic rings. The lowest BCUT2D eigenvalue weighted by molar-refractivity contribution is 0.00704. The van der Waals surface area contributed by atoms with Gasteiger partial charge in [-0.25, -0.2) is 0 Å². The highest BCUT2D eigenvalue weighted by molar-refractivity contribution is 4.78. The van der Waals surface area contributed by atoms with E-state index in [1.54, 1.807) is 0 Å². The van der Waals surface area contributed by atoms with Gasteiger partial charge in [-0.2, -0.15) is 0 Å². The van der Waals surface area contributed by atoms with E-state index < -0.39 is 0 Å². The van der Waals surface area contributed by atoms with Gasteiger partial charge in [0, 0.05) is 0 Å². The Kier molecular flexibility index (Phi) is 38.4. The lowest BCUT2D eigenvalue weighted by atomic mass is 9.85. The first kappa shape index (κ1) is 45.0. The maximum Gasteiger partial charge on any atom is 0.0647 e. The first-order chi connectivity index (χ1) is 22.2. The largest absolute Gasteiger partial charge is 0.390 e. The average molecular weight is 635 g/mol. The number of hydrogen-bond acceptors (Lipinski definition) is 1. The summed E-state index contributed by atoms with van der Waals surface area (Å²) in [5.41, 5.74) is -0.379. The molecule has 0 saturated carbocycles. The first-order valence-corrected chi connectivity index (χ1v) is 21.9. The molecule has 0 heterocycles. The summed E-state index contributed by atoms with van der Waals surface area (Å²) in [6.45, 7) is 6.91. The maximum absolute atomic E-state index is 11.7. The van der Waals surface area contributed by atoms with Crippen LogP contribution in [0.15, 0.2) is 0 Å². The molecule has 1 atom stereocenters. The summed E-state index contributed by atoms with van der Waals surface area (Å²) in [4.78, 5) is 0. The molecule has 0 aromatic rings. The topological polar surface area (TPSA) is 20.2 Å². The van der Waals surface area contributed by atoms with E-state index in [1.165, 1.54) is 238 Å². The molecule has 0 saturated heterocycles. The van der Waals surface area contributed by atoms with E-state index in [4.69, 9.17) is 0 Å². The van der Waals surface area contributed by atoms with Crippen molar-refractivity contribution < 1.29 is 5.11 Å². The highest BCUT2D eigenvalue weighted by Crippen LogP contribution is 2.29. The van der Waals surface area contributed by atoms with Crippen LogP contribution < -0.4 is 0 Å². The zero-order chi connectivity index (χ0) is 32.8. The molecule has 0 amide bonds. The summed E-state index contributed by atoms with van der Waals surface area (Å²) in [5.74, 6) is 0. The first-order valence-electron chi connectivity index (χ1n) is 21.9. The minimum Gasteiger partial charge on any atom is -0.390 e. The molecule has 1 N–H and O–H groups in total. The van der Waals surface area contributed by atoms with Crippen molar-refractivity contribution in [2.75, 3.05) is 0 Å². The SMILES string of the molecule is CCCCCCCCCCCCCCCCCCCC(O)(CCCCCCCCCC)CCCCCCCCCCCCCC. The van der Waals surface area contributed by atoms with Crippen molar-refractivity contribution in [2.45, 2.75) is 283 Å². The minimum absolute atomic E-state index is 0.379. The highest BCUT2D eigenvalue weighted by atomic mass is 16.3. The minimum atomic E-state index is -0.379. The van der Waals surface area contributed by atoms with Crippen LogP contribution in [0, 0.1) is 0 Å². The fourth-order valence-corrected chi connectivity index (χ4v) is 7.44. The van der Waals surface area contributed by atoms with Gasteiger partial charge in [0.25, 0.3) is 0 Å². The van der Waals surface area contributed by atoms with Crippen molar-refractivity contribution >= 4 is 0 Å². The maximum atomic E-state index is 11.7. The van der Waals surface area contributed by atoms with Gasteiger partial charge in [-0.3, -0.25) is 0 Å². The molecule has 0 aliphatic carbocycles. The molecule has 272 valence electrons. The second kappa shape index (κ2) is 38.4. The summed E-state index contributed by atoms with van der Waals surface area (Å²) in [7, 11) is 0. The third-order valence-corrected chi connectivity index (χ3v) is 10.7. The van der Waals surface area contributed by atoms with E-state index in [0.717, 1.165) is 19.3 Å². The van der Waals surface area contributed by atoms with Crippen molar-refractivity contribution in [1.82, 2.24) is 0 Å². The third kappa shape index (κ3) is 36.6. The van der Waals surface area contributed by atoms with E-state index in [2.05, 4.69) is 20.8 Å². The van der Waals surface area contributed by atoms with Crippen molar-refractivity contribution in [3.63, 3.8) is 0 Å². The van der Waals surface area contributed by atoms with E-state index in [0.29, 0.717) is 0 Å². The molecule has 0 aromatic heterocycles. The predicted molar refractivity (Wildman–Crippen MR) is 207 cm³/mol. The molecule has 1 unspecified atom stereocenters. The molecular formula is C44H90O. The summed E-state index contributed by atoms with van der Waals surface area (Å²) in [5, 5.41) is 11.7. The summed E-state index contributed by atoms with van der Waals surface area (Å²) in [6, 6.07) is 0. The predicted octanol–water partition coefficient (Wildman–Crippen LogP) is 16.4. The van der Waals surface area contributed by atoms with Crippen molar-refractivity contribution in [3.8, 4) is 0 Å². The van der Waals surface area contributed by atoms with Crippen LogP contribution in [0.25, 0.3) is 0 Å². The summed E-state index contributed by atoms with van der Waals surface area (Å²) in [6.07, 6.45) is 55.0. The van der Waals surface area contributed by atoms with Gasteiger partial charge in [0.2, 0.25) is 0 Å². The lowest BCUT2D eigenvalue weighted by Crippen LogP contribution is -2.28. The Labute approximate surface area is 287 Å². The quantitative estimate of drug-likeness (QED) is 0.0665. The smallest absolute Gasteiger partial charge is 0.0647 e. The van der Waals surface area contributed by atoms with E-state index >= 15 is 0 Å². The Morgan fingerprint density at radius 3 is 0.511 bits per heavy atom. The molecule has 1 nitrogen and oxygen atoms in total. The van der Waals surface area contributed by atoms with Crippen LogP contribution >= 0.6 is 0 Å². The number of aliphatic hydroxyl groups is 1. The van der Waals surface area contributed by atoms with Gasteiger partial charge in [0.05, 0.1) is 5.60 Å². The summed E-state index contributed by atoms with van der Waals surface area (Å²) < 4.78 is 0. The Balaban J connectivity index is 3.95. The van der Waals surface area contributed by atoms with Crippen molar-refractivity contribution in [2.24, 2.45) is 0 Å². The van der Waals surface area contributed by atoms with Crippen LogP contribution in [0.1, 0.15) is 278 Å². The molecule has 0 rings (SSSR count). The van der Waals surface area contributed by atoms with E-state index in [1.807, 2.05) is 0 Å². The monoisotopic (exact) mass is 635 g/mol. The Morgan fingerprint density at radius 2 is 0.356 bits per heavy atom. The van der Waals surface area contributed by atoms with Gasteiger partial charge >= 0.3 is 0 Å². The molecule has 1 heteroatoms. The molecule has 0 bridgehead atoms. The molecular weight excluding hydrogens is 544 g/mol. The molecule has 45 heavy (non-hydrogen) atoms. The van der Waals surface area contributed by atoms with E-state index in [9.17, 15) is 5.11 Å². The van der Waals surface area contributed by atoms with Crippen LogP contribution in [0.3, 0.4) is 0 Å². The second-order valence-corrected chi connectivity index (χ2v) is 15.5. The van der Waals surface area contributed by atoms with Gasteiger partial charge in [-0.05, 0) is 19.3 Å². The Bertz CT molecular complexity index is 515. The standard InChI is InChI=1S/C44H90O/c1-4-7-10-13-16-19-21-23-24-25-26-27-29-31-34-37-40-43-44(45,41-38-35-32-18-15-12-9-6-3)42-39-36-33-30-28-22-20-17-14-11-8-5-2/h45H,4-43H2,1-3H3. The van der Waals surface area contributed by atoms with Crippen molar-refractivity contribution in [3.05, 3.63) is 0 Å². The fourth-order valence-electron chi connectivity index (χ4n) is 7.44. The average Bonchev–Trinajstić information content (AvgIpc) is 3.04. The zero-order valence-corrected chi connectivity index (χ0v) is 32.2. The van der Waals surface area contributed by atoms with Crippen LogP contribution in [0.4, 0.5) is 0 Å². The molecule has 0 radical (unpaired) electrons. The molecule has 0 fully saturated rings. The van der Waals surface area contributed by atoms with Crippen molar-refractivity contribution in [1.29, 1.82) is 0 Å². The molecule has 0 aromatic carbocycles. The van der Waals surface area contributed by atoms with E-state index in [-0.39, 0.29) is 5.60 Å². The normalized spacial score (nSPS) is 13.1. The molecule has 0 aliphatic heterocycles. The van der Waals surface area contributed by atoms with Gasteiger partial charge in [0.15, 0.2) is 0 Å². The van der Waals surface area contributed by atoms with Crippen LogP contribution in [-0.4, -0.2) is 10.7 Å². The van der Waals surface area contributed by atoms with Crippen LogP contribution in [-0.2, 0) is 0 Å². The fraction of sp³-hybridized carbons (Fsp3) is 1.00. The second-order valence-electron chi connectivity index (χ2n) is 15.5. The lowest BCUT2D eigenvalue weighted by Gasteiger charge is -2.29. The van der Waals surface area contributed by atoms with Gasteiger partial charge in [-0.1, -0.05) is 258 Å². The highest BCUT2D eigenvalue weighted by Gasteiger charge is 2.25. The zero-order valence-electron chi connectivity index (χ0n) is 32.2. The summed E-state index contributed by atoms with van der Waals surface area (Å²) >= 11 is 0. The van der Waals surface area contributed by atoms with Gasteiger partial charge in [-0.15, -0.1) is 0 Å². The van der Waals surface area contributed by atoms with Gasteiger partial charge < -0.3 is 5.11 Å².